The maximum Gasteiger partial charge on any atom is 0.249 e. The summed E-state index contributed by atoms with van der Waals surface area (Å²) in [4.78, 5) is 37.8. The summed E-state index contributed by atoms with van der Waals surface area (Å²) in [6.07, 6.45) is 0.871. The molecule has 1 N–H and O–H groups in total. The van der Waals surface area contributed by atoms with Gasteiger partial charge in [-0.15, -0.1) is 0 Å². The molecule has 6 heteroatoms. The summed E-state index contributed by atoms with van der Waals surface area (Å²) >= 11 is 3.54. The van der Waals surface area contributed by atoms with E-state index in [1.165, 1.54) is 0 Å². The number of nitrogens with one attached hydrogen (secondary N) is 1. The zero-order chi connectivity index (χ0) is 16.1. The van der Waals surface area contributed by atoms with Crippen LogP contribution in [0.15, 0.2) is 34.8 Å². The highest BCUT2D eigenvalue weighted by Crippen LogP contribution is 2.39. The Morgan fingerprint density at radius 3 is 2.74 bits per heavy atom. The highest BCUT2D eigenvalue weighted by molar-refractivity contribution is 9.10. The van der Waals surface area contributed by atoms with E-state index < -0.39 is 11.9 Å². The van der Waals surface area contributed by atoms with Crippen LogP contribution in [0.2, 0.25) is 0 Å². The lowest BCUT2D eigenvalue weighted by atomic mass is 9.93. The van der Waals surface area contributed by atoms with Gasteiger partial charge < -0.3 is 0 Å². The molecule has 1 saturated heterocycles. The van der Waals surface area contributed by atoms with Crippen LogP contribution >= 0.6 is 15.9 Å². The highest BCUT2D eigenvalue weighted by Gasteiger charge is 2.38. The molecule has 0 bridgehead atoms. The number of carbonyl (C=O) groups is 3. The van der Waals surface area contributed by atoms with Crippen LogP contribution in [0, 0.1) is 0 Å². The van der Waals surface area contributed by atoms with Gasteiger partial charge in [-0.05, 0) is 29.5 Å². The maximum absolute atomic E-state index is 12.7. The monoisotopic (exact) mass is 372 g/mol. The molecule has 2 aliphatic rings. The number of benzene rings is 2. The summed E-state index contributed by atoms with van der Waals surface area (Å²) in [5, 5.41) is 4.34. The van der Waals surface area contributed by atoms with Gasteiger partial charge >= 0.3 is 0 Å². The largest absolute Gasteiger partial charge is 0.299 e. The van der Waals surface area contributed by atoms with Gasteiger partial charge in [0.05, 0.1) is 12.1 Å². The van der Waals surface area contributed by atoms with Gasteiger partial charge in [-0.1, -0.05) is 34.1 Å². The van der Waals surface area contributed by atoms with Gasteiger partial charge in [0.25, 0.3) is 0 Å². The van der Waals surface area contributed by atoms with Crippen LogP contribution in [-0.4, -0.2) is 23.8 Å². The van der Waals surface area contributed by atoms with Gasteiger partial charge in [0.15, 0.2) is 0 Å². The minimum absolute atomic E-state index is 0.109. The van der Waals surface area contributed by atoms with Crippen LogP contribution < -0.4 is 10.2 Å². The fraction of sp³-hybridized carbons (Fsp3) is 0.235. The van der Waals surface area contributed by atoms with E-state index in [2.05, 4.69) is 21.2 Å². The zero-order valence-corrected chi connectivity index (χ0v) is 13.7. The van der Waals surface area contributed by atoms with Crippen LogP contribution in [-0.2, 0) is 20.8 Å². The van der Waals surface area contributed by atoms with Crippen LogP contribution in [0.3, 0.4) is 0 Å². The Hall–Kier alpha value is -2.21. The van der Waals surface area contributed by atoms with Crippen molar-refractivity contribution in [2.45, 2.75) is 25.3 Å². The van der Waals surface area contributed by atoms with E-state index >= 15 is 0 Å². The van der Waals surface area contributed by atoms with E-state index in [-0.39, 0.29) is 24.7 Å². The topological polar surface area (TPSA) is 66.5 Å². The molecular formula is C17H13BrN2O3. The lowest BCUT2D eigenvalue weighted by Gasteiger charge is -2.36. The fourth-order valence-electron chi connectivity index (χ4n) is 3.42. The summed E-state index contributed by atoms with van der Waals surface area (Å²) < 4.78 is 0.954. The number of carbonyl (C=O) groups excluding carboxylic acids is 3. The molecule has 0 aromatic heterocycles. The van der Waals surface area contributed by atoms with Gasteiger partial charge in [0, 0.05) is 16.3 Å². The molecule has 0 radical (unpaired) electrons. The number of imide groups is 1. The quantitative estimate of drug-likeness (QED) is 0.781. The number of nitrogens with zero attached hydrogens (tertiary/aromatic N) is 1. The lowest BCUT2D eigenvalue weighted by Crippen LogP contribution is -2.55. The van der Waals surface area contributed by atoms with E-state index in [1.54, 1.807) is 4.90 Å². The van der Waals surface area contributed by atoms with E-state index in [1.807, 2.05) is 30.3 Å². The van der Waals surface area contributed by atoms with Crippen molar-refractivity contribution < 1.29 is 14.4 Å². The van der Waals surface area contributed by atoms with Crippen molar-refractivity contribution >= 4 is 50.1 Å². The molecule has 0 spiro atoms. The number of hydrogen-bond donors (Lipinski definition) is 1. The standard InChI is InChI=1S/C17H13BrN2O3/c18-11-5-4-9-8-15(22)20(12-3-1-2-10(11)16(9)12)13-6-7-14(21)19-17(13)23/h1-5,13H,6-8H2,(H,19,21,23). The first-order valence-corrected chi connectivity index (χ1v) is 8.21. The Kier molecular flexibility index (Phi) is 3.23. The average Bonchev–Trinajstić information content (AvgIpc) is 2.52. The molecule has 1 unspecified atom stereocenters. The van der Waals surface area contributed by atoms with Crippen LogP contribution in [0.4, 0.5) is 5.69 Å². The molecule has 1 fully saturated rings. The smallest absolute Gasteiger partial charge is 0.249 e. The van der Waals surface area contributed by atoms with Gasteiger partial charge in [-0.25, -0.2) is 0 Å². The first-order valence-electron chi connectivity index (χ1n) is 7.42. The van der Waals surface area contributed by atoms with Crippen LogP contribution in [0.1, 0.15) is 18.4 Å². The zero-order valence-electron chi connectivity index (χ0n) is 12.1. The van der Waals surface area contributed by atoms with E-state index in [9.17, 15) is 14.4 Å². The van der Waals surface area contributed by atoms with Gasteiger partial charge in [-0.3, -0.25) is 24.6 Å². The Morgan fingerprint density at radius 2 is 1.96 bits per heavy atom. The van der Waals surface area contributed by atoms with Gasteiger partial charge in [0.1, 0.15) is 6.04 Å². The average molecular weight is 373 g/mol. The SMILES string of the molecule is O=C1CCC(N2C(=O)Cc3ccc(Br)c4cccc2c34)C(=O)N1. The number of amides is 3. The van der Waals surface area contributed by atoms with Crippen molar-refractivity contribution in [2.24, 2.45) is 0 Å². The fourth-order valence-corrected chi connectivity index (χ4v) is 3.89. The number of anilines is 1. The third-order valence-corrected chi connectivity index (χ3v) is 5.13. The van der Waals surface area contributed by atoms with Crippen molar-refractivity contribution in [3.05, 3.63) is 40.4 Å². The first-order chi connectivity index (χ1) is 11.1. The van der Waals surface area contributed by atoms with Crippen LogP contribution in [0.25, 0.3) is 10.8 Å². The van der Waals surface area contributed by atoms with Gasteiger partial charge in [0.2, 0.25) is 17.7 Å². The predicted octanol–water partition coefficient (Wildman–Crippen LogP) is 2.30. The molecule has 2 aromatic rings. The summed E-state index contributed by atoms with van der Waals surface area (Å²) in [5.74, 6) is -0.788. The van der Waals surface area contributed by atoms with Crippen LogP contribution in [0.5, 0.6) is 0 Å². The second kappa shape index (κ2) is 5.16. The van der Waals surface area contributed by atoms with Crippen molar-refractivity contribution in [2.75, 3.05) is 4.90 Å². The molecule has 0 saturated carbocycles. The Labute approximate surface area is 140 Å². The third kappa shape index (κ3) is 2.16. The van der Waals surface area contributed by atoms with Crippen molar-refractivity contribution in [3.8, 4) is 0 Å². The number of rotatable bonds is 1. The normalized spacial score (nSPS) is 20.8. The second-order valence-corrected chi connectivity index (χ2v) is 6.67. The molecule has 3 amide bonds. The Balaban J connectivity index is 1.90. The molecule has 4 rings (SSSR count). The number of hydrogen-bond acceptors (Lipinski definition) is 3. The first kappa shape index (κ1) is 14.4. The molecule has 23 heavy (non-hydrogen) atoms. The number of piperidine rings is 1. The molecule has 2 heterocycles. The molecule has 1 atom stereocenters. The predicted molar refractivity (Wildman–Crippen MR) is 89.0 cm³/mol. The van der Waals surface area contributed by atoms with E-state index in [0.717, 1.165) is 26.5 Å². The highest BCUT2D eigenvalue weighted by atomic mass is 79.9. The molecule has 5 nitrogen and oxygen atoms in total. The number of halogens is 1. The summed E-state index contributed by atoms with van der Waals surface area (Å²) in [6, 6.07) is 8.98. The molecule has 2 aromatic carbocycles. The molecule has 116 valence electrons. The second-order valence-electron chi connectivity index (χ2n) is 5.81. The summed E-state index contributed by atoms with van der Waals surface area (Å²) in [6.45, 7) is 0. The van der Waals surface area contributed by atoms with Gasteiger partial charge in [-0.2, -0.15) is 0 Å². The maximum atomic E-state index is 12.7. The minimum Gasteiger partial charge on any atom is -0.299 e. The Bertz CT molecular complexity index is 878. The summed E-state index contributed by atoms with van der Waals surface area (Å²) in [7, 11) is 0. The molecular weight excluding hydrogens is 360 g/mol. The van der Waals surface area contributed by atoms with Crippen molar-refractivity contribution in [3.63, 3.8) is 0 Å². The third-order valence-electron chi connectivity index (χ3n) is 4.44. The van der Waals surface area contributed by atoms with Crippen molar-refractivity contribution in [1.29, 1.82) is 0 Å². The Morgan fingerprint density at radius 1 is 1.13 bits per heavy atom. The summed E-state index contributed by atoms with van der Waals surface area (Å²) in [5.41, 5.74) is 1.71. The molecule has 0 aliphatic carbocycles. The van der Waals surface area contributed by atoms with E-state index in [0.29, 0.717) is 6.42 Å². The van der Waals surface area contributed by atoms with Crippen molar-refractivity contribution in [1.82, 2.24) is 5.32 Å². The molecule has 2 aliphatic heterocycles. The lowest BCUT2D eigenvalue weighted by molar-refractivity contribution is -0.135. The minimum atomic E-state index is -0.627. The van der Waals surface area contributed by atoms with E-state index in [4.69, 9.17) is 0 Å².